The number of esters is 2. The largest absolute Gasteiger partial charge is 0.462 e. The minimum Gasteiger partial charge on any atom is -0.462 e. The van der Waals surface area contributed by atoms with Gasteiger partial charge >= 0.3 is 11.9 Å². The standard InChI is InChI=1S/C21H21ClO6S/c1-14(2)13-27-21(24)19-12-17(8-11-20(19)28-15(3)23)5-4-16-6-9-18(10-7-16)29(22,25)26/h4-12,14H,13H2,1-3H3. The van der Waals surface area contributed by atoms with Crippen LogP contribution in [0, 0.1) is 5.92 Å². The van der Waals surface area contributed by atoms with Gasteiger partial charge in [-0.15, -0.1) is 0 Å². The number of halogens is 1. The van der Waals surface area contributed by atoms with E-state index in [0.29, 0.717) is 5.56 Å². The van der Waals surface area contributed by atoms with Gasteiger partial charge in [0.2, 0.25) is 0 Å². The maximum absolute atomic E-state index is 12.4. The molecule has 0 amide bonds. The van der Waals surface area contributed by atoms with Gasteiger partial charge in [0.25, 0.3) is 9.05 Å². The maximum atomic E-state index is 12.4. The summed E-state index contributed by atoms with van der Waals surface area (Å²) in [5.41, 5.74) is 1.56. The van der Waals surface area contributed by atoms with Crippen LogP contribution in [0.3, 0.4) is 0 Å². The van der Waals surface area contributed by atoms with E-state index in [-0.39, 0.29) is 28.7 Å². The minimum atomic E-state index is -3.77. The van der Waals surface area contributed by atoms with E-state index in [1.165, 1.54) is 25.1 Å². The Balaban J connectivity index is 2.28. The van der Waals surface area contributed by atoms with Crippen LogP contribution in [0.4, 0.5) is 0 Å². The highest BCUT2D eigenvalue weighted by Crippen LogP contribution is 2.23. The van der Waals surface area contributed by atoms with Crippen molar-refractivity contribution in [1.82, 2.24) is 0 Å². The molecule has 2 aromatic rings. The zero-order chi connectivity index (χ0) is 21.6. The Bertz CT molecular complexity index is 1020. The lowest BCUT2D eigenvalue weighted by molar-refractivity contribution is -0.131. The van der Waals surface area contributed by atoms with Gasteiger partial charge in [0, 0.05) is 17.6 Å². The average molecular weight is 437 g/mol. The minimum absolute atomic E-state index is 0.0113. The van der Waals surface area contributed by atoms with Gasteiger partial charge in [0.1, 0.15) is 11.3 Å². The van der Waals surface area contributed by atoms with E-state index in [4.69, 9.17) is 20.2 Å². The van der Waals surface area contributed by atoms with E-state index < -0.39 is 21.0 Å². The fraction of sp³-hybridized carbons (Fsp3) is 0.238. The highest BCUT2D eigenvalue weighted by molar-refractivity contribution is 8.13. The summed E-state index contributed by atoms with van der Waals surface area (Å²) in [5, 5.41) is 0. The Morgan fingerprint density at radius 2 is 1.62 bits per heavy atom. The van der Waals surface area contributed by atoms with Crippen molar-refractivity contribution in [3.05, 3.63) is 59.2 Å². The smallest absolute Gasteiger partial charge is 0.341 e. The van der Waals surface area contributed by atoms with E-state index >= 15 is 0 Å². The molecule has 2 rings (SSSR count). The van der Waals surface area contributed by atoms with Crippen LogP contribution in [0.15, 0.2) is 47.4 Å². The molecule has 2 aromatic carbocycles. The van der Waals surface area contributed by atoms with Crippen molar-refractivity contribution in [3.8, 4) is 5.75 Å². The van der Waals surface area contributed by atoms with Gasteiger partial charge < -0.3 is 9.47 Å². The Morgan fingerprint density at radius 3 is 2.17 bits per heavy atom. The zero-order valence-corrected chi connectivity index (χ0v) is 17.8. The molecule has 0 radical (unpaired) electrons. The second-order valence-electron chi connectivity index (χ2n) is 6.68. The SMILES string of the molecule is CC(=O)Oc1ccc(C=Cc2ccc(S(=O)(=O)Cl)cc2)cc1C(=O)OCC(C)C. The molecule has 6 nitrogen and oxygen atoms in total. The average Bonchev–Trinajstić information content (AvgIpc) is 2.64. The van der Waals surface area contributed by atoms with Gasteiger partial charge in [-0.2, -0.15) is 0 Å². The summed E-state index contributed by atoms with van der Waals surface area (Å²) in [5.74, 6) is -0.832. The summed E-state index contributed by atoms with van der Waals surface area (Å²) in [6.45, 7) is 5.33. The van der Waals surface area contributed by atoms with Gasteiger partial charge in [-0.3, -0.25) is 4.79 Å². The molecular formula is C21H21ClO6S. The van der Waals surface area contributed by atoms with Crippen molar-refractivity contribution in [2.45, 2.75) is 25.7 Å². The number of carbonyl (C=O) groups excluding carboxylic acids is 2. The summed E-state index contributed by atoms with van der Waals surface area (Å²) in [4.78, 5) is 23.7. The predicted octanol–water partition coefficient (Wildman–Crippen LogP) is 4.52. The first kappa shape index (κ1) is 22.6. The molecule has 0 aliphatic heterocycles. The first-order valence-corrected chi connectivity index (χ1v) is 11.1. The van der Waals surface area contributed by atoms with E-state index in [2.05, 4.69) is 0 Å². The molecule has 0 heterocycles. The molecule has 154 valence electrons. The molecule has 0 atom stereocenters. The quantitative estimate of drug-likeness (QED) is 0.274. The number of carbonyl (C=O) groups is 2. The number of benzene rings is 2. The Hall–Kier alpha value is -2.64. The first-order valence-electron chi connectivity index (χ1n) is 8.78. The van der Waals surface area contributed by atoms with Crippen molar-refractivity contribution in [2.75, 3.05) is 6.61 Å². The summed E-state index contributed by atoms with van der Waals surface area (Å²) in [7, 11) is 1.53. The van der Waals surface area contributed by atoms with Gasteiger partial charge in [-0.05, 0) is 41.3 Å². The number of hydrogen-bond donors (Lipinski definition) is 0. The van der Waals surface area contributed by atoms with E-state index in [9.17, 15) is 18.0 Å². The molecule has 0 aliphatic rings. The second-order valence-corrected chi connectivity index (χ2v) is 9.25. The molecular weight excluding hydrogens is 416 g/mol. The van der Waals surface area contributed by atoms with Crippen LogP contribution < -0.4 is 4.74 Å². The third-order valence-corrected chi connectivity index (χ3v) is 5.02. The lowest BCUT2D eigenvalue weighted by Gasteiger charge is -2.11. The summed E-state index contributed by atoms with van der Waals surface area (Å²) in [6, 6.07) is 10.8. The zero-order valence-electron chi connectivity index (χ0n) is 16.2. The number of rotatable bonds is 7. The Morgan fingerprint density at radius 1 is 1.03 bits per heavy atom. The van der Waals surface area contributed by atoms with E-state index in [1.54, 1.807) is 36.4 Å². The third-order valence-electron chi connectivity index (χ3n) is 3.65. The molecule has 0 spiro atoms. The fourth-order valence-corrected chi connectivity index (χ4v) is 3.08. The molecule has 0 unspecified atom stereocenters. The molecule has 0 saturated heterocycles. The van der Waals surface area contributed by atoms with Crippen molar-refractivity contribution in [2.24, 2.45) is 5.92 Å². The van der Waals surface area contributed by atoms with Crippen LogP contribution in [0.5, 0.6) is 5.75 Å². The maximum Gasteiger partial charge on any atom is 0.341 e. The molecule has 0 N–H and O–H groups in total. The fourth-order valence-electron chi connectivity index (χ4n) is 2.31. The van der Waals surface area contributed by atoms with Crippen LogP contribution in [0.2, 0.25) is 0 Å². The Kier molecular flexibility index (Phi) is 7.59. The number of ether oxygens (including phenoxy) is 2. The van der Waals surface area contributed by atoms with Crippen LogP contribution in [-0.2, 0) is 18.6 Å². The number of hydrogen-bond acceptors (Lipinski definition) is 6. The monoisotopic (exact) mass is 436 g/mol. The summed E-state index contributed by atoms with van der Waals surface area (Å²) >= 11 is 0. The van der Waals surface area contributed by atoms with Crippen LogP contribution in [0.25, 0.3) is 12.2 Å². The molecule has 0 fully saturated rings. The van der Waals surface area contributed by atoms with Gasteiger partial charge in [0.05, 0.1) is 11.5 Å². The first-order chi connectivity index (χ1) is 13.6. The second kappa shape index (κ2) is 9.71. The topological polar surface area (TPSA) is 86.7 Å². The van der Waals surface area contributed by atoms with Gasteiger partial charge in [0.15, 0.2) is 0 Å². The normalized spacial score (nSPS) is 11.6. The van der Waals surface area contributed by atoms with Gasteiger partial charge in [-0.1, -0.05) is 44.2 Å². The summed E-state index contributed by atoms with van der Waals surface area (Å²) in [6.07, 6.45) is 3.48. The molecule has 0 aromatic heterocycles. The lowest BCUT2D eigenvalue weighted by Crippen LogP contribution is -2.13. The van der Waals surface area contributed by atoms with Crippen LogP contribution >= 0.6 is 10.7 Å². The third kappa shape index (κ3) is 7.03. The molecule has 0 aliphatic carbocycles. The van der Waals surface area contributed by atoms with Crippen molar-refractivity contribution < 1.29 is 27.5 Å². The lowest BCUT2D eigenvalue weighted by atomic mass is 10.1. The van der Waals surface area contributed by atoms with Crippen LogP contribution in [-0.4, -0.2) is 27.0 Å². The van der Waals surface area contributed by atoms with E-state index in [0.717, 1.165) is 5.56 Å². The summed E-state index contributed by atoms with van der Waals surface area (Å²) < 4.78 is 32.9. The van der Waals surface area contributed by atoms with Crippen molar-refractivity contribution in [1.29, 1.82) is 0 Å². The Labute approximate surface area is 174 Å². The molecule has 0 bridgehead atoms. The van der Waals surface area contributed by atoms with Crippen LogP contribution in [0.1, 0.15) is 42.3 Å². The molecule has 0 saturated carbocycles. The molecule has 8 heteroatoms. The molecule has 29 heavy (non-hydrogen) atoms. The highest BCUT2D eigenvalue weighted by atomic mass is 35.7. The van der Waals surface area contributed by atoms with Crippen molar-refractivity contribution in [3.63, 3.8) is 0 Å². The van der Waals surface area contributed by atoms with Gasteiger partial charge in [-0.25, -0.2) is 13.2 Å². The van der Waals surface area contributed by atoms with E-state index in [1.807, 2.05) is 13.8 Å². The van der Waals surface area contributed by atoms with Crippen molar-refractivity contribution >= 4 is 43.8 Å². The predicted molar refractivity (Wildman–Crippen MR) is 111 cm³/mol. The highest BCUT2D eigenvalue weighted by Gasteiger charge is 2.17.